The first-order valence-electron chi connectivity index (χ1n) is 4.70. The first kappa shape index (κ1) is 10.1. The SMILES string of the molecule is Cc1cc(F)c(Br)c(C2(N)CC2)c1C. The van der Waals surface area contributed by atoms with Crippen molar-refractivity contribution in [1.29, 1.82) is 0 Å². The maximum Gasteiger partial charge on any atom is 0.138 e. The lowest BCUT2D eigenvalue weighted by atomic mass is 9.96. The van der Waals surface area contributed by atoms with Gasteiger partial charge in [0.15, 0.2) is 0 Å². The highest BCUT2D eigenvalue weighted by atomic mass is 79.9. The van der Waals surface area contributed by atoms with Crippen molar-refractivity contribution in [2.45, 2.75) is 32.2 Å². The largest absolute Gasteiger partial charge is 0.321 e. The fourth-order valence-corrected chi connectivity index (χ4v) is 2.63. The lowest BCUT2D eigenvalue weighted by Gasteiger charge is -2.17. The second kappa shape index (κ2) is 3.04. The Kier molecular flexibility index (Phi) is 2.20. The predicted octanol–water partition coefficient (Wildman–Crippen LogP) is 3.15. The van der Waals surface area contributed by atoms with E-state index in [9.17, 15) is 4.39 Å². The van der Waals surface area contributed by atoms with Crippen LogP contribution in [-0.4, -0.2) is 0 Å². The molecule has 1 fully saturated rings. The summed E-state index contributed by atoms with van der Waals surface area (Å²) in [6, 6.07) is 1.55. The summed E-state index contributed by atoms with van der Waals surface area (Å²) in [4.78, 5) is 0. The Morgan fingerprint density at radius 2 is 2.00 bits per heavy atom. The van der Waals surface area contributed by atoms with Crippen LogP contribution >= 0.6 is 15.9 Å². The molecule has 0 saturated heterocycles. The minimum atomic E-state index is -0.282. The summed E-state index contributed by atoms with van der Waals surface area (Å²) in [5.74, 6) is -0.208. The molecule has 1 aliphatic carbocycles. The molecule has 0 atom stereocenters. The molecule has 1 aromatic rings. The van der Waals surface area contributed by atoms with Gasteiger partial charge >= 0.3 is 0 Å². The number of hydrogen-bond donors (Lipinski definition) is 1. The quantitative estimate of drug-likeness (QED) is 0.822. The molecule has 0 aromatic heterocycles. The summed E-state index contributed by atoms with van der Waals surface area (Å²) in [6.07, 6.45) is 1.91. The topological polar surface area (TPSA) is 26.0 Å². The van der Waals surface area contributed by atoms with Gasteiger partial charge in [-0.25, -0.2) is 4.39 Å². The van der Waals surface area contributed by atoms with Crippen LogP contribution in [0.1, 0.15) is 29.5 Å². The van der Waals surface area contributed by atoms with E-state index in [1.807, 2.05) is 13.8 Å². The van der Waals surface area contributed by atoms with E-state index in [1.54, 1.807) is 6.07 Å². The molecule has 1 aliphatic rings. The minimum absolute atomic E-state index is 0.208. The van der Waals surface area contributed by atoms with Crippen molar-refractivity contribution >= 4 is 15.9 Å². The summed E-state index contributed by atoms with van der Waals surface area (Å²) in [6.45, 7) is 3.92. The molecule has 0 radical (unpaired) electrons. The number of nitrogens with two attached hydrogens (primary N) is 1. The van der Waals surface area contributed by atoms with E-state index >= 15 is 0 Å². The third kappa shape index (κ3) is 1.39. The highest BCUT2D eigenvalue weighted by Gasteiger charge is 2.43. The van der Waals surface area contributed by atoms with E-state index in [0.29, 0.717) is 4.47 Å². The van der Waals surface area contributed by atoms with Crippen LogP contribution in [0.2, 0.25) is 0 Å². The maximum atomic E-state index is 13.5. The average molecular weight is 258 g/mol. The third-order valence-electron chi connectivity index (χ3n) is 3.03. The molecule has 0 spiro atoms. The number of hydrogen-bond acceptors (Lipinski definition) is 1. The van der Waals surface area contributed by atoms with Gasteiger partial charge in [0, 0.05) is 5.54 Å². The molecule has 0 bridgehead atoms. The fraction of sp³-hybridized carbons (Fsp3) is 0.455. The summed E-state index contributed by atoms with van der Waals surface area (Å²) < 4.78 is 14.0. The van der Waals surface area contributed by atoms with Crippen LogP contribution in [0.5, 0.6) is 0 Å². The van der Waals surface area contributed by atoms with E-state index in [4.69, 9.17) is 5.73 Å². The van der Waals surface area contributed by atoms with Crippen LogP contribution in [0.4, 0.5) is 4.39 Å². The van der Waals surface area contributed by atoms with Crippen LogP contribution in [0, 0.1) is 19.7 Å². The predicted molar refractivity (Wildman–Crippen MR) is 58.7 cm³/mol. The first-order valence-corrected chi connectivity index (χ1v) is 5.49. The zero-order chi connectivity index (χ0) is 10.5. The molecule has 3 heteroatoms. The van der Waals surface area contributed by atoms with Gasteiger partial charge in [-0.3, -0.25) is 0 Å². The van der Waals surface area contributed by atoms with Gasteiger partial charge < -0.3 is 5.73 Å². The standard InChI is InChI=1S/C11H13BrFN/c1-6-5-8(13)10(12)9(7(6)2)11(14)3-4-11/h5H,3-4,14H2,1-2H3. The highest BCUT2D eigenvalue weighted by Crippen LogP contribution is 2.48. The molecule has 0 amide bonds. The molecule has 2 N–H and O–H groups in total. The molecule has 14 heavy (non-hydrogen) atoms. The van der Waals surface area contributed by atoms with Crippen LogP contribution in [0.15, 0.2) is 10.5 Å². The molecule has 0 unspecified atom stereocenters. The van der Waals surface area contributed by atoms with Crippen molar-refractivity contribution < 1.29 is 4.39 Å². The zero-order valence-corrected chi connectivity index (χ0v) is 9.91. The van der Waals surface area contributed by atoms with E-state index in [1.165, 1.54) is 0 Å². The highest BCUT2D eigenvalue weighted by molar-refractivity contribution is 9.10. The Hall–Kier alpha value is -0.410. The smallest absolute Gasteiger partial charge is 0.138 e. The van der Waals surface area contributed by atoms with Gasteiger partial charge in [-0.1, -0.05) is 0 Å². The van der Waals surface area contributed by atoms with Gasteiger partial charge in [-0.15, -0.1) is 0 Å². The van der Waals surface area contributed by atoms with Gasteiger partial charge in [0.25, 0.3) is 0 Å². The van der Waals surface area contributed by atoms with E-state index in [-0.39, 0.29) is 11.4 Å². The van der Waals surface area contributed by atoms with Crippen LogP contribution < -0.4 is 5.73 Å². The summed E-state index contributed by atoms with van der Waals surface area (Å²) in [5.41, 5.74) is 8.86. The van der Waals surface area contributed by atoms with Crippen molar-refractivity contribution in [3.05, 3.63) is 33.0 Å². The van der Waals surface area contributed by atoms with Gasteiger partial charge in [0.1, 0.15) is 5.82 Å². The normalized spacial score (nSPS) is 18.4. The van der Waals surface area contributed by atoms with Gasteiger partial charge in [-0.05, 0) is 65.4 Å². The summed E-state index contributed by atoms with van der Waals surface area (Å²) in [7, 11) is 0. The number of rotatable bonds is 1. The monoisotopic (exact) mass is 257 g/mol. The number of benzene rings is 1. The Labute approximate surface area is 91.6 Å². The van der Waals surface area contributed by atoms with Crippen molar-refractivity contribution in [1.82, 2.24) is 0 Å². The molecular weight excluding hydrogens is 245 g/mol. The Morgan fingerprint density at radius 3 is 2.50 bits per heavy atom. The Balaban J connectivity index is 2.68. The van der Waals surface area contributed by atoms with E-state index in [0.717, 1.165) is 29.5 Å². The summed E-state index contributed by atoms with van der Waals surface area (Å²) in [5, 5.41) is 0. The molecular formula is C11H13BrFN. The first-order chi connectivity index (χ1) is 6.46. The van der Waals surface area contributed by atoms with Crippen LogP contribution in [0.25, 0.3) is 0 Å². The van der Waals surface area contributed by atoms with Crippen molar-refractivity contribution in [2.24, 2.45) is 5.73 Å². The fourth-order valence-electron chi connectivity index (χ4n) is 1.82. The maximum absolute atomic E-state index is 13.5. The van der Waals surface area contributed by atoms with Gasteiger partial charge in [0.2, 0.25) is 0 Å². The zero-order valence-electron chi connectivity index (χ0n) is 8.32. The minimum Gasteiger partial charge on any atom is -0.321 e. The second-order valence-electron chi connectivity index (χ2n) is 4.15. The Morgan fingerprint density at radius 1 is 1.43 bits per heavy atom. The molecule has 1 saturated carbocycles. The molecule has 1 aromatic carbocycles. The molecule has 2 rings (SSSR count). The van der Waals surface area contributed by atoms with Gasteiger partial charge in [0.05, 0.1) is 4.47 Å². The van der Waals surface area contributed by atoms with Crippen molar-refractivity contribution in [3.8, 4) is 0 Å². The average Bonchev–Trinajstić information content (AvgIpc) is 2.81. The number of halogens is 2. The molecule has 76 valence electrons. The second-order valence-corrected chi connectivity index (χ2v) is 4.94. The number of aryl methyl sites for hydroxylation is 1. The van der Waals surface area contributed by atoms with E-state index < -0.39 is 0 Å². The van der Waals surface area contributed by atoms with E-state index in [2.05, 4.69) is 15.9 Å². The lowest BCUT2D eigenvalue weighted by molar-refractivity contribution is 0.606. The van der Waals surface area contributed by atoms with Gasteiger partial charge in [-0.2, -0.15) is 0 Å². The van der Waals surface area contributed by atoms with Crippen molar-refractivity contribution in [2.75, 3.05) is 0 Å². The molecule has 0 aliphatic heterocycles. The third-order valence-corrected chi connectivity index (χ3v) is 3.80. The lowest BCUT2D eigenvalue weighted by Crippen LogP contribution is -2.21. The summed E-state index contributed by atoms with van der Waals surface area (Å²) >= 11 is 3.29. The van der Waals surface area contributed by atoms with Crippen LogP contribution in [-0.2, 0) is 5.54 Å². The Bertz CT molecular complexity index is 371. The van der Waals surface area contributed by atoms with Crippen LogP contribution in [0.3, 0.4) is 0 Å². The molecule has 0 heterocycles. The van der Waals surface area contributed by atoms with Crippen molar-refractivity contribution in [3.63, 3.8) is 0 Å². The molecule has 1 nitrogen and oxygen atoms in total.